The minimum absolute atomic E-state index is 0. The Morgan fingerprint density at radius 2 is 2.42 bits per heavy atom. The van der Waals surface area contributed by atoms with Gasteiger partial charge in [0.2, 0.25) is 6.33 Å². The molecule has 0 spiro atoms. The van der Waals surface area contributed by atoms with E-state index in [1.54, 1.807) is 17.1 Å². The van der Waals surface area contributed by atoms with Gasteiger partial charge in [-0.3, -0.25) is 0 Å². The van der Waals surface area contributed by atoms with E-state index in [1.807, 2.05) is 7.05 Å². The number of aromatic amines is 1. The first-order valence-electron chi connectivity index (χ1n) is 3.13. The summed E-state index contributed by atoms with van der Waals surface area (Å²) in [5, 5.41) is 8.30. The largest absolute Gasteiger partial charge is 1.00 e. The van der Waals surface area contributed by atoms with Gasteiger partial charge < -0.3 is 29.1 Å². The molecule has 0 saturated carbocycles. The van der Waals surface area contributed by atoms with Gasteiger partial charge in [-0.15, -0.1) is 0 Å². The third-order valence-electron chi connectivity index (χ3n) is 1.30. The number of carboxylic acids is 1. The van der Waals surface area contributed by atoms with Crippen molar-refractivity contribution in [1.82, 2.24) is 4.98 Å². The number of aliphatic carboxylic acids is 1. The normalized spacial score (nSPS) is 9.75. The first-order chi connectivity index (χ1) is 5.20. The van der Waals surface area contributed by atoms with Crippen molar-refractivity contribution in [3.8, 4) is 0 Å². The fourth-order valence-corrected chi connectivity index (χ4v) is 0.733. The number of carbonyl (C=O) groups is 1. The maximum absolute atomic E-state index is 10.1. The summed E-state index contributed by atoms with van der Waals surface area (Å²) in [6.07, 6.45) is 6.09. The van der Waals surface area contributed by atoms with Crippen LogP contribution in [0, 0.1) is 0 Å². The van der Waals surface area contributed by atoms with Crippen molar-refractivity contribution >= 4 is 12.0 Å². The SMILES string of the molecule is C[n+]1c[nH]cc1/C=C/C(=O)O.[I-]. The standard InChI is InChI=1S/C7H8N2O2.HI/c1-9-5-8-4-6(9)2-3-7(10)11;/h2-5H,1H3,(H,10,11);1H/b3-2+;. The zero-order valence-corrected chi connectivity index (χ0v) is 8.65. The molecule has 0 aliphatic carbocycles. The summed E-state index contributed by atoms with van der Waals surface area (Å²) >= 11 is 0. The van der Waals surface area contributed by atoms with Crippen molar-refractivity contribution in [2.24, 2.45) is 7.05 Å². The molecule has 1 aromatic rings. The Kier molecular flexibility index (Phi) is 4.57. The summed E-state index contributed by atoms with van der Waals surface area (Å²) < 4.78 is 1.79. The zero-order chi connectivity index (χ0) is 8.27. The minimum Gasteiger partial charge on any atom is -1.00 e. The first-order valence-corrected chi connectivity index (χ1v) is 3.13. The number of imidazole rings is 1. The highest BCUT2D eigenvalue weighted by Crippen LogP contribution is 1.90. The van der Waals surface area contributed by atoms with Crippen LogP contribution in [0.25, 0.3) is 6.08 Å². The molecule has 0 aliphatic rings. The molecule has 0 aliphatic heterocycles. The Morgan fingerprint density at radius 3 is 2.83 bits per heavy atom. The third-order valence-corrected chi connectivity index (χ3v) is 1.30. The second kappa shape index (κ2) is 4.91. The quantitative estimate of drug-likeness (QED) is 0.343. The fourth-order valence-electron chi connectivity index (χ4n) is 0.733. The highest BCUT2D eigenvalue weighted by atomic mass is 127. The van der Waals surface area contributed by atoms with E-state index < -0.39 is 5.97 Å². The van der Waals surface area contributed by atoms with Crippen LogP contribution in [0.15, 0.2) is 18.6 Å². The molecule has 12 heavy (non-hydrogen) atoms. The lowest BCUT2D eigenvalue weighted by atomic mass is 10.4. The lowest BCUT2D eigenvalue weighted by molar-refractivity contribution is -0.671. The summed E-state index contributed by atoms with van der Waals surface area (Å²) in [6.45, 7) is 0. The predicted octanol–water partition coefficient (Wildman–Crippen LogP) is -3.06. The van der Waals surface area contributed by atoms with Gasteiger partial charge in [-0.2, -0.15) is 0 Å². The lowest BCUT2D eigenvalue weighted by Gasteiger charge is -1.83. The number of carboxylic acid groups (broad SMARTS) is 1. The van der Waals surface area contributed by atoms with Crippen molar-refractivity contribution in [2.45, 2.75) is 0 Å². The van der Waals surface area contributed by atoms with E-state index in [-0.39, 0.29) is 24.0 Å². The molecule has 0 unspecified atom stereocenters. The van der Waals surface area contributed by atoms with Gasteiger partial charge in [-0.25, -0.2) is 14.3 Å². The monoisotopic (exact) mass is 280 g/mol. The van der Waals surface area contributed by atoms with Gasteiger partial charge in [0, 0.05) is 6.08 Å². The minimum atomic E-state index is -0.939. The smallest absolute Gasteiger partial charge is 0.328 e. The van der Waals surface area contributed by atoms with Gasteiger partial charge in [0.1, 0.15) is 6.20 Å². The Hall–Kier alpha value is -0.850. The molecule has 1 rings (SSSR count). The molecule has 66 valence electrons. The van der Waals surface area contributed by atoms with Crippen LogP contribution in [-0.2, 0) is 11.8 Å². The number of H-pyrrole nitrogens is 1. The Labute approximate surface area is 86.9 Å². The number of rotatable bonds is 2. The second-order valence-electron chi connectivity index (χ2n) is 2.15. The average molecular weight is 280 g/mol. The maximum atomic E-state index is 10.1. The highest BCUT2D eigenvalue weighted by Gasteiger charge is 1.99. The van der Waals surface area contributed by atoms with Crippen molar-refractivity contribution in [3.05, 3.63) is 24.3 Å². The van der Waals surface area contributed by atoms with Crippen LogP contribution in [0.4, 0.5) is 0 Å². The van der Waals surface area contributed by atoms with Gasteiger partial charge in [0.05, 0.1) is 7.05 Å². The van der Waals surface area contributed by atoms with Crippen LogP contribution in [0.3, 0.4) is 0 Å². The van der Waals surface area contributed by atoms with E-state index in [9.17, 15) is 4.79 Å². The van der Waals surface area contributed by atoms with Gasteiger partial charge in [0.25, 0.3) is 0 Å². The van der Waals surface area contributed by atoms with E-state index in [1.165, 1.54) is 6.08 Å². The van der Waals surface area contributed by atoms with Crippen molar-refractivity contribution < 1.29 is 38.4 Å². The molecule has 0 fully saturated rings. The molecular formula is C7H9IN2O2. The van der Waals surface area contributed by atoms with Crippen LogP contribution in [0.5, 0.6) is 0 Å². The van der Waals surface area contributed by atoms with Crippen LogP contribution in [0.2, 0.25) is 0 Å². The third kappa shape index (κ3) is 3.04. The molecule has 0 amide bonds. The average Bonchev–Trinajstić information content (AvgIpc) is 2.31. The molecule has 1 heterocycles. The lowest BCUT2D eigenvalue weighted by Crippen LogP contribution is -3.00. The molecule has 2 N–H and O–H groups in total. The fraction of sp³-hybridized carbons (Fsp3) is 0.143. The molecule has 4 nitrogen and oxygen atoms in total. The van der Waals surface area contributed by atoms with E-state index in [0.29, 0.717) is 0 Å². The van der Waals surface area contributed by atoms with Crippen LogP contribution in [-0.4, -0.2) is 16.1 Å². The van der Waals surface area contributed by atoms with Crippen molar-refractivity contribution in [2.75, 3.05) is 0 Å². The van der Waals surface area contributed by atoms with Crippen molar-refractivity contribution in [3.63, 3.8) is 0 Å². The molecule has 0 aromatic carbocycles. The van der Waals surface area contributed by atoms with Crippen molar-refractivity contribution in [1.29, 1.82) is 0 Å². The predicted molar refractivity (Wildman–Crippen MR) is 38.6 cm³/mol. The Bertz CT molecular complexity index is 293. The van der Waals surface area contributed by atoms with Gasteiger partial charge in [-0.1, -0.05) is 0 Å². The molecule has 1 aromatic heterocycles. The number of hydrogen-bond acceptors (Lipinski definition) is 1. The maximum Gasteiger partial charge on any atom is 0.328 e. The molecule has 5 heteroatoms. The summed E-state index contributed by atoms with van der Waals surface area (Å²) in [6, 6.07) is 0. The number of hydrogen-bond donors (Lipinski definition) is 2. The number of halogens is 1. The second-order valence-corrected chi connectivity index (χ2v) is 2.15. The molecule has 0 radical (unpaired) electrons. The van der Waals surface area contributed by atoms with Crippen LogP contribution < -0.4 is 28.5 Å². The Balaban J connectivity index is 0.00000121. The molecular weight excluding hydrogens is 271 g/mol. The summed E-state index contributed by atoms with van der Waals surface area (Å²) in [5.74, 6) is -0.939. The van der Waals surface area contributed by atoms with Gasteiger partial charge >= 0.3 is 5.97 Å². The van der Waals surface area contributed by atoms with Crippen LogP contribution >= 0.6 is 0 Å². The summed E-state index contributed by atoms with van der Waals surface area (Å²) in [4.78, 5) is 12.9. The topological polar surface area (TPSA) is 57.0 Å². The van der Waals surface area contributed by atoms with E-state index in [4.69, 9.17) is 5.11 Å². The van der Waals surface area contributed by atoms with Gasteiger partial charge in [0.15, 0.2) is 5.69 Å². The number of nitrogens with zero attached hydrogens (tertiary/aromatic N) is 1. The molecule has 0 bridgehead atoms. The Morgan fingerprint density at radius 1 is 1.75 bits per heavy atom. The highest BCUT2D eigenvalue weighted by molar-refractivity contribution is 5.84. The summed E-state index contributed by atoms with van der Waals surface area (Å²) in [7, 11) is 1.83. The number of aromatic nitrogens is 2. The zero-order valence-electron chi connectivity index (χ0n) is 6.49. The number of aryl methyl sites for hydroxylation is 1. The van der Waals surface area contributed by atoms with Crippen LogP contribution in [0.1, 0.15) is 5.69 Å². The van der Waals surface area contributed by atoms with E-state index in [2.05, 4.69) is 4.98 Å². The first kappa shape index (κ1) is 11.2. The van der Waals surface area contributed by atoms with E-state index >= 15 is 0 Å². The molecule has 0 atom stereocenters. The van der Waals surface area contributed by atoms with Gasteiger partial charge in [-0.05, 0) is 6.08 Å². The number of nitrogens with one attached hydrogen (secondary N) is 1. The molecule has 0 saturated heterocycles. The summed E-state index contributed by atoms with van der Waals surface area (Å²) in [5.41, 5.74) is 0.826. The van der Waals surface area contributed by atoms with E-state index in [0.717, 1.165) is 11.8 Å².